The van der Waals surface area contributed by atoms with Crippen molar-refractivity contribution in [3.63, 3.8) is 0 Å². The maximum Gasteiger partial charge on any atom is 0.405 e. The third-order valence-corrected chi connectivity index (χ3v) is 9.47. The van der Waals surface area contributed by atoms with Crippen molar-refractivity contribution >= 4 is 31.1 Å². The van der Waals surface area contributed by atoms with E-state index in [-0.39, 0.29) is 31.2 Å². The second-order valence-electron chi connectivity index (χ2n) is 12.3. The molecule has 2 aliphatic heterocycles. The van der Waals surface area contributed by atoms with Crippen molar-refractivity contribution in [2.24, 2.45) is 4.99 Å². The van der Waals surface area contributed by atoms with Gasteiger partial charge < -0.3 is 15.0 Å². The number of ether oxygens (including phenoxy) is 1. The molecule has 0 aliphatic carbocycles. The molecular formula is C29H36F5N7OSi. The van der Waals surface area contributed by atoms with Crippen LogP contribution in [0.4, 0.5) is 39.1 Å². The Bertz CT molecular complexity index is 1530. The number of amidine groups is 1. The first-order chi connectivity index (χ1) is 20.1. The van der Waals surface area contributed by atoms with Gasteiger partial charge in [0.2, 0.25) is 0 Å². The normalized spacial score (nSPS) is 17.7. The van der Waals surface area contributed by atoms with E-state index in [0.717, 1.165) is 18.2 Å². The van der Waals surface area contributed by atoms with E-state index < -0.39 is 31.9 Å². The highest BCUT2D eigenvalue weighted by Crippen LogP contribution is 2.43. The van der Waals surface area contributed by atoms with Gasteiger partial charge in [0.25, 0.3) is 0 Å². The molecule has 8 nitrogen and oxygen atoms in total. The first-order valence-electron chi connectivity index (χ1n) is 14.1. The Hall–Kier alpha value is -3.36. The molecule has 43 heavy (non-hydrogen) atoms. The predicted molar refractivity (Wildman–Crippen MR) is 160 cm³/mol. The lowest BCUT2D eigenvalue weighted by Crippen LogP contribution is -2.57. The van der Waals surface area contributed by atoms with Crippen LogP contribution in [0.3, 0.4) is 0 Å². The van der Waals surface area contributed by atoms with Crippen LogP contribution in [0.1, 0.15) is 17.0 Å². The number of alkyl halides is 3. The average Bonchev–Trinajstić information content (AvgIpc) is 3.09. The van der Waals surface area contributed by atoms with E-state index >= 15 is 0 Å². The Balaban J connectivity index is 1.63. The van der Waals surface area contributed by atoms with Crippen molar-refractivity contribution in [1.82, 2.24) is 19.7 Å². The number of rotatable bonds is 7. The molecule has 1 fully saturated rings. The number of aliphatic imine (C=N–C) groups is 1. The second-order valence-corrected chi connectivity index (χ2v) is 17.9. The van der Waals surface area contributed by atoms with Crippen LogP contribution in [0, 0.1) is 25.5 Å². The van der Waals surface area contributed by atoms with Gasteiger partial charge in [-0.05, 0) is 45.1 Å². The molecule has 4 heterocycles. The molecule has 2 aliphatic rings. The zero-order valence-corrected chi connectivity index (χ0v) is 26.1. The van der Waals surface area contributed by atoms with Gasteiger partial charge in [-0.15, -0.1) is 0 Å². The summed E-state index contributed by atoms with van der Waals surface area (Å²) in [4.78, 5) is 12.2. The van der Waals surface area contributed by atoms with Crippen LogP contribution in [-0.4, -0.2) is 79.1 Å². The molecule has 0 bridgehead atoms. The lowest BCUT2D eigenvalue weighted by Gasteiger charge is -2.40. The topological polar surface area (TPSA) is 70.8 Å². The number of nitrogens with zero attached hydrogens (tertiary/aromatic N) is 6. The summed E-state index contributed by atoms with van der Waals surface area (Å²) in [5.74, 6) is -1.30. The van der Waals surface area contributed by atoms with E-state index in [1.54, 1.807) is 29.5 Å². The molecule has 1 unspecified atom stereocenters. The molecule has 2 aromatic heterocycles. The van der Waals surface area contributed by atoms with Gasteiger partial charge in [0, 0.05) is 39.9 Å². The highest BCUT2D eigenvalue weighted by atomic mass is 28.3. The number of piperazine rings is 1. The molecule has 232 valence electrons. The molecule has 0 amide bonds. The maximum atomic E-state index is 15.0. The minimum absolute atomic E-state index is 0.0627. The Kier molecular flexibility index (Phi) is 8.40. The van der Waals surface area contributed by atoms with Crippen LogP contribution in [-0.2, 0) is 11.5 Å². The zero-order valence-electron chi connectivity index (χ0n) is 25.1. The van der Waals surface area contributed by atoms with Gasteiger partial charge in [-0.3, -0.25) is 4.90 Å². The Labute approximate surface area is 248 Å². The lowest BCUT2D eigenvalue weighted by molar-refractivity contribution is -0.180. The van der Waals surface area contributed by atoms with Crippen molar-refractivity contribution in [3.05, 3.63) is 52.9 Å². The van der Waals surface area contributed by atoms with Gasteiger partial charge in [0.1, 0.15) is 41.7 Å². The smallest absolute Gasteiger partial charge is 0.360 e. The highest BCUT2D eigenvalue weighted by molar-refractivity contribution is 6.76. The lowest BCUT2D eigenvalue weighted by atomic mass is 10.1. The molecule has 0 saturated carbocycles. The summed E-state index contributed by atoms with van der Waals surface area (Å²) in [5.41, 5.74) is 2.46. The second kappa shape index (κ2) is 11.6. The van der Waals surface area contributed by atoms with Crippen LogP contribution in [0.15, 0.2) is 29.3 Å². The van der Waals surface area contributed by atoms with Gasteiger partial charge in [-0.1, -0.05) is 25.7 Å². The number of pyridine rings is 1. The van der Waals surface area contributed by atoms with Crippen molar-refractivity contribution < 1.29 is 26.7 Å². The van der Waals surface area contributed by atoms with Crippen LogP contribution >= 0.6 is 0 Å². The first-order valence-corrected chi connectivity index (χ1v) is 17.8. The summed E-state index contributed by atoms with van der Waals surface area (Å²) in [5, 5.41) is 7.75. The van der Waals surface area contributed by atoms with E-state index in [1.807, 2.05) is 0 Å². The van der Waals surface area contributed by atoms with Crippen molar-refractivity contribution in [2.75, 3.05) is 43.5 Å². The Morgan fingerprint density at radius 2 is 1.77 bits per heavy atom. The van der Waals surface area contributed by atoms with Crippen LogP contribution in [0.5, 0.6) is 0 Å². The number of anilines is 2. The van der Waals surface area contributed by atoms with E-state index in [0.29, 0.717) is 53.0 Å². The molecular weight excluding hydrogens is 585 g/mol. The van der Waals surface area contributed by atoms with Crippen LogP contribution in [0.2, 0.25) is 25.7 Å². The number of aryl methyl sites for hydroxylation is 2. The number of likely N-dealkylation sites (N-methyl/N-ethyl adjacent to an activating group) is 1. The minimum atomic E-state index is -4.40. The van der Waals surface area contributed by atoms with E-state index in [4.69, 9.17) is 4.74 Å². The summed E-state index contributed by atoms with van der Waals surface area (Å²) in [6.07, 6.45) is -4.40. The van der Waals surface area contributed by atoms with Crippen molar-refractivity contribution in [3.8, 4) is 11.3 Å². The molecule has 1 aromatic carbocycles. The number of halogens is 5. The quantitative estimate of drug-likeness (QED) is 0.189. The molecule has 1 atom stereocenters. The zero-order chi connectivity index (χ0) is 31.3. The number of aromatic nitrogens is 3. The largest absolute Gasteiger partial charge is 0.405 e. The van der Waals surface area contributed by atoms with Crippen molar-refractivity contribution in [1.29, 1.82) is 0 Å². The summed E-state index contributed by atoms with van der Waals surface area (Å²) in [6, 6.07) is 4.56. The third-order valence-electron chi connectivity index (χ3n) is 7.76. The predicted octanol–water partition coefficient (Wildman–Crippen LogP) is 6.34. The standard InChI is InChI=1S/C29H36F5N7OSi/c1-17-25-19(14-23(35-17)40-11-10-39(3)22(15-40)29(32,33)34)27-26(18(2)38-41(27)16-42-12-13-43(4,5)6)37-28(36-25)24-20(30)8-7-9-21(24)31/h7-9,14,22H,10-13,15-16H2,1-6H3,(H,36,37). The average molecular weight is 622 g/mol. The number of benzene rings is 1. The third kappa shape index (κ3) is 6.45. The van der Waals surface area contributed by atoms with Gasteiger partial charge >= 0.3 is 6.18 Å². The van der Waals surface area contributed by atoms with Crippen molar-refractivity contribution in [2.45, 2.75) is 58.5 Å². The van der Waals surface area contributed by atoms with Gasteiger partial charge in [-0.25, -0.2) is 23.4 Å². The maximum absolute atomic E-state index is 15.0. The molecule has 1 saturated heterocycles. The Morgan fingerprint density at radius 3 is 2.42 bits per heavy atom. The summed E-state index contributed by atoms with van der Waals surface area (Å²) < 4.78 is 79.1. The van der Waals surface area contributed by atoms with Crippen LogP contribution in [0.25, 0.3) is 11.3 Å². The fourth-order valence-corrected chi connectivity index (χ4v) is 6.05. The SMILES string of the molecule is Cc1nn(COCC[Si](C)(C)C)c2c1N=C(c1c(F)cccc1F)Nc1c-2cc(N2CCN(C)C(C(F)(F)F)C2)nc1C. The van der Waals surface area contributed by atoms with E-state index in [1.165, 1.54) is 18.0 Å². The fraction of sp³-hybridized carbons (Fsp3) is 0.483. The van der Waals surface area contributed by atoms with E-state index in [9.17, 15) is 22.0 Å². The summed E-state index contributed by atoms with van der Waals surface area (Å²) in [7, 11) is 0.109. The molecule has 0 radical (unpaired) electrons. The van der Waals surface area contributed by atoms with Gasteiger partial charge in [0.15, 0.2) is 0 Å². The fourth-order valence-electron chi connectivity index (χ4n) is 5.29. The monoisotopic (exact) mass is 621 g/mol. The number of nitrogens with one attached hydrogen (secondary N) is 1. The molecule has 3 aromatic rings. The Morgan fingerprint density at radius 1 is 1.07 bits per heavy atom. The number of fused-ring (bicyclic) bond motifs is 3. The number of hydrogen-bond acceptors (Lipinski definition) is 7. The summed E-state index contributed by atoms with van der Waals surface area (Å²) >= 11 is 0. The van der Waals surface area contributed by atoms with Gasteiger partial charge in [-0.2, -0.15) is 18.3 Å². The number of hydrogen-bond donors (Lipinski definition) is 1. The molecule has 1 N–H and O–H groups in total. The molecule has 0 spiro atoms. The summed E-state index contributed by atoms with van der Waals surface area (Å²) in [6.45, 7) is 11.1. The van der Waals surface area contributed by atoms with Crippen LogP contribution < -0.4 is 10.2 Å². The minimum Gasteiger partial charge on any atom is -0.360 e. The first kappa shape index (κ1) is 31.1. The molecule has 5 rings (SSSR count). The van der Waals surface area contributed by atoms with Gasteiger partial charge in [0.05, 0.1) is 28.3 Å². The highest BCUT2D eigenvalue weighted by Gasteiger charge is 2.45. The van der Waals surface area contributed by atoms with E-state index in [2.05, 4.69) is 40.0 Å². The molecule has 14 heteroatoms.